The van der Waals surface area contributed by atoms with Crippen LogP contribution >= 0.6 is 11.3 Å². The number of anilines is 1. The molecule has 1 aromatic carbocycles. The molecule has 1 unspecified atom stereocenters. The minimum absolute atomic E-state index is 0.102. The Morgan fingerprint density at radius 1 is 1.18 bits per heavy atom. The number of nitrogens with zero attached hydrogens (tertiary/aromatic N) is 5. The summed E-state index contributed by atoms with van der Waals surface area (Å²) in [4.78, 5) is 27.5. The van der Waals surface area contributed by atoms with Crippen molar-refractivity contribution in [2.75, 3.05) is 18.0 Å². The van der Waals surface area contributed by atoms with Crippen LogP contribution in [0.4, 0.5) is 5.95 Å². The van der Waals surface area contributed by atoms with Crippen LogP contribution in [0.1, 0.15) is 24.6 Å². The standard InChI is InChI=1S/C24H27N7O2S/c1-15(13-17-5-4-12-34-17)14-31-22(20-18-6-2-3-7-19(18)23(33)28-26-20)27-29-24(31)30-10-8-16(9-11-30)21(25)32/h2-7,12,15-16H,8-11,13-14H2,1H3,(H2,25,32)(H,28,33). The van der Waals surface area contributed by atoms with E-state index in [9.17, 15) is 9.59 Å². The Bertz CT molecular complexity index is 1350. The summed E-state index contributed by atoms with van der Waals surface area (Å²) in [7, 11) is 0. The molecule has 1 atom stereocenters. The van der Waals surface area contributed by atoms with Gasteiger partial charge in [0.05, 0.1) is 5.39 Å². The molecule has 5 rings (SSSR count). The van der Waals surface area contributed by atoms with E-state index in [2.05, 4.69) is 54.3 Å². The van der Waals surface area contributed by atoms with Gasteiger partial charge >= 0.3 is 0 Å². The quantitative estimate of drug-likeness (QED) is 0.422. The van der Waals surface area contributed by atoms with Crippen molar-refractivity contribution in [3.63, 3.8) is 0 Å². The summed E-state index contributed by atoms with van der Waals surface area (Å²) < 4.78 is 2.11. The van der Waals surface area contributed by atoms with Crippen molar-refractivity contribution in [2.24, 2.45) is 17.6 Å². The van der Waals surface area contributed by atoms with E-state index in [0.717, 1.165) is 17.8 Å². The van der Waals surface area contributed by atoms with Crippen LogP contribution < -0.4 is 16.2 Å². The number of primary amides is 1. The lowest BCUT2D eigenvalue weighted by molar-refractivity contribution is -0.122. The number of thiophene rings is 1. The van der Waals surface area contributed by atoms with Crippen LogP contribution in [0.25, 0.3) is 22.3 Å². The number of aromatic amines is 1. The molecule has 1 amide bonds. The number of amides is 1. The highest BCUT2D eigenvalue weighted by Crippen LogP contribution is 2.30. The Morgan fingerprint density at radius 2 is 1.94 bits per heavy atom. The molecule has 0 bridgehead atoms. The molecular weight excluding hydrogens is 450 g/mol. The van der Waals surface area contributed by atoms with E-state index >= 15 is 0 Å². The lowest BCUT2D eigenvalue weighted by Gasteiger charge is -2.31. The zero-order valence-electron chi connectivity index (χ0n) is 19.0. The average Bonchev–Trinajstić information content (AvgIpc) is 3.50. The number of carbonyl (C=O) groups excluding carboxylic acids is 1. The highest BCUT2D eigenvalue weighted by molar-refractivity contribution is 7.09. The molecule has 0 aliphatic carbocycles. The van der Waals surface area contributed by atoms with Crippen LogP contribution in [0, 0.1) is 11.8 Å². The first-order valence-electron chi connectivity index (χ1n) is 11.5. The zero-order chi connectivity index (χ0) is 23.7. The Hall–Kier alpha value is -3.53. The molecule has 1 saturated heterocycles. The van der Waals surface area contributed by atoms with Gasteiger partial charge in [0.2, 0.25) is 11.9 Å². The first-order valence-corrected chi connectivity index (χ1v) is 12.4. The van der Waals surface area contributed by atoms with Gasteiger partial charge in [0.25, 0.3) is 5.56 Å². The summed E-state index contributed by atoms with van der Waals surface area (Å²) in [5.41, 5.74) is 5.90. The number of hydrogen-bond acceptors (Lipinski definition) is 7. The van der Waals surface area contributed by atoms with Crippen molar-refractivity contribution in [1.82, 2.24) is 25.0 Å². The molecule has 1 aliphatic rings. The van der Waals surface area contributed by atoms with Crippen molar-refractivity contribution in [3.8, 4) is 11.5 Å². The van der Waals surface area contributed by atoms with Gasteiger partial charge < -0.3 is 10.6 Å². The van der Waals surface area contributed by atoms with E-state index < -0.39 is 0 Å². The van der Waals surface area contributed by atoms with E-state index in [1.54, 1.807) is 17.4 Å². The minimum atomic E-state index is -0.240. The summed E-state index contributed by atoms with van der Waals surface area (Å²) in [5, 5.41) is 19.5. The molecule has 1 fully saturated rings. The number of rotatable bonds is 7. The minimum Gasteiger partial charge on any atom is -0.369 e. The number of piperidine rings is 1. The monoisotopic (exact) mass is 477 g/mol. The summed E-state index contributed by atoms with van der Waals surface area (Å²) >= 11 is 1.76. The molecule has 3 N–H and O–H groups in total. The Balaban J connectivity index is 1.54. The normalized spacial score (nSPS) is 15.6. The second-order valence-corrected chi connectivity index (χ2v) is 9.97. The van der Waals surface area contributed by atoms with Crippen molar-refractivity contribution < 1.29 is 4.79 Å². The van der Waals surface area contributed by atoms with Gasteiger partial charge in [-0.2, -0.15) is 5.10 Å². The second-order valence-electron chi connectivity index (χ2n) is 8.93. The third kappa shape index (κ3) is 4.33. The topological polar surface area (TPSA) is 123 Å². The first kappa shape index (κ1) is 22.3. The van der Waals surface area contributed by atoms with Gasteiger partial charge in [-0.1, -0.05) is 31.2 Å². The summed E-state index contributed by atoms with van der Waals surface area (Å²) in [5.74, 6) is 1.36. The Labute approximate surface area is 200 Å². The van der Waals surface area contributed by atoms with Crippen molar-refractivity contribution in [2.45, 2.75) is 32.7 Å². The first-order chi connectivity index (χ1) is 16.5. The number of H-pyrrole nitrogens is 1. The number of hydrogen-bond donors (Lipinski definition) is 2. The predicted octanol–water partition coefficient (Wildman–Crippen LogP) is 2.82. The van der Waals surface area contributed by atoms with Gasteiger partial charge in [-0.05, 0) is 42.7 Å². The van der Waals surface area contributed by atoms with Crippen LogP contribution in [0.15, 0.2) is 46.6 Å². The molecule has 9 nitrogen and oxygen atoms in total. The molecule has 176 valence electrons. The molecule has 3 aromatic heterocycles. The van der Waals surface area contributed by atoms with Crippen molar-refractivity contribution in [1.29, 1.82) is 0 Å². The van der Waals surface area contributed by atoms with Gasteiger partial charge in [0.1, 0.15) is 5.69 Å². The largest absolute Gasteiger partial charge is 0.369 e. The maximum atomic E-state index is 12.3. The fourth-order valence-electron chi connectivity index (χ4n) is 4.67. The SMILES string of the molecule is CC(Cc1cccs1)Cn1c(-c2n[nH]c(=O)c3ccccc23)nnc1N1CCC(C(N)=O)CC1. The van der Waals surface area contributed by atoms with E-state index in [1.165, 1.54) is 4.88 Å². The van der Waals surface area contributed by atoms with Crippen LogP contribution in [-0.4, -0.2) is 44.0 Å². The molecule has 4 heterocycles. The third-order valence-electron chi connectivity index (χ3n) is 6.44. The van der Waals surface area contributed by atoms with E-state index in [4.69, 9.17) is 5.73 Å². The molecular formula is C24H27N7O2S. The molecule has 0 spiro atoms. The predicted molar refractivity (Wildman–Crippen MR) is 133 cm³/mol. The highest BCUT2D eigenvalue weighted by Gasteiger charge is 2.28. The molecule has 1 aliphatic heterocycles. The molecule has 4 aromatic rings. The van der Waals surface area contributed by atoms with E-state index in [0.29, 0.717) is 55.3 Å². The Morgan fingerprint density at radius 3 is 2.65 bits per heavy atom. The third-order valence-corrected chi connectivity index (χ3v) is 7.34. The van der Waals surface area contributed by atoms with Crippen LogP contribution in [0.2, 0.25) is 0 Å². The number of carbonyl (C=O) groups is 1. The second kappa shape index (κ2) is 9.38. The van der Waals surface area contributed by atoms with Gasteiger partial charge in [0, 0.05) is 35.8 Å². The lowest BCUT2D eigenvalue weighted by Crippen LogP contribution is -2.40. The number of nitrogens with two attached hydrogens (primary N) is 1. The maximum Gasteiger partial charge on any atom is 0.272 e. The van der Waals surface area contributed by atoms with Crippen molar-refractivity contribution >= 4 is 34.0 Å². The van der Waals surface area contributed by atoms with Gasteiger partial charge in [0.15, 0.2) is 5.82 Å². The van der Waals surface area contributed by atoms with Gasteiger partial charge in [-0.25, -0.2) is 5.10 Å². The van der Waals surface area contributed by atoms with Crippen LogP contribution in [0.3, 0.4) is 0 Å². The van der Waals surface area contributed by atoms with Crippen LogP contribution in [-0.2, 0) is 17.8 Å². The summed E-state index contributed by atoms with van der Waals surface area (Å²) in [6.45, 7) is 4.28. The number of fused-ring (bicyclic) bond motifs is 1. The molecule has 10 heteroatoms. The number of benzene rings is 1. The smallest absolute Gasteiger partial charge is 0.272 e. The molecule has 0 radical (unpaired) electrons. The fraction of sp³-hybridized carbons (Fsp3) is 0.375. The lowest BCUT2D eigenvalue weighted by atomic mass is 9.96. The van der Waals surface area contributed by atoms with Crippen molar-refractivity contribution in [3.05, 3.63) is 57.0 Å². The highest BCUT2D eigenvalue weighted by atomic mass is 32.1. The van der Waals surface area contributed by atoms with Gasteiger partial charge in [-0.3, -0.25) is 14.2 Å². The fourth-order valence-corrected chi connectivity index (χ4v) is 5.54. The van der Waals surface area contributed by atoms with Crippen LogP contribution in [0.5, 0.6) is 0 Å². The number of aromatic nitrogens is 5. The molecule has 34 heavy (non-hydrogen) atoms. The number of nitrogens with one attached hydrogen (secondary N) is 1. The Kier molecular flexibility index (Phi) is 6.14. The molecule has 0 saturated carbocycles. The average molecular weight is 478 g/mol. The van der Waals surface area contributed by atoms with Gasteiger partial charge in [-0.15, -0.1) is 21.5 Å². The zero-order valence-corrected chi connectivity index (χ0v) is 19.8. The summed E-state index contributed by atoms with van der Waals surface area (Å²) in [6.07, 6.45) is 2.34. The maximum absolute atomic E-state index is 12.3. The summed E-state index contributed by atoms with van der Waals surface area (Å²) in [6, 6.07) is 11.6. The van der Waals surface area contributed by atoms with E-state index in [-0.39, 0.29) is 17.4 Å². The van der Waals surface area contributed by atoms with E-state index in [1.807, 2.05) is 18.2 Å².